The summed E-state index contributed by atoms with van der Waals surface area (Å²) in [5.41, 5.74) is 2.09. The molecule has 1 aromatic heterocycles. The van der Waals surface area contributed by atoms with Crippen molar-refractivity contribution in [3.63, 3.8) is 0 Å². The maximum Gasteiger partial charge on any atom is 0.256 e. The second kappa shape index (κ2) is 6.39. The Bertz CT molecular complexity index is 639. The van der Waals surface area contributed by atoms with Crippen molar-refractivity contribution < 1.29 is 4.79 Å². The van der Waals surface area contributed by atoms with Crippen LogP contribution in [0.5, 0.6) is 0 Å². The first kappa shape index (κ1) is 14.3. The second-order valence-corrected chi connectivity index (χ2v) is 5.84. The van der Waals surface area contributed by atoms with E-state index < -0.39 is 0 Å². The smallest absolute Gasteiger partial charge is 0.256 e. The molecular formula is C16H18ClN3O. The fourth-order valence-corrected chi connectivity index (χ4v) is 3.28. The lowest BCUT2D eigenvalue weighted by Gasteiger charge is -2.32. The van der Waals surface area contributed by atoms with E-state index in [1.165, 1.54) is 0 Å². The number of amides is 1. The largest absolute Gasteiger partial charge is 0.338 e. The summed E-state index contributed by atoms with van der Waals surface area (Å²) in [5, 5.41) is 0. The van der Waals surface area contributed by atoms with Gasteiger partial charge < -0.3 is 4.90 Å². The molecule has 3 rings (SSSR count). The predicted molar refractivity (Wildman–Crippen MR) is 83.5 cm³/mol. The number of hydrogen-bond acceptors (Lipinski definition) is 3. The summed E-state index contributed by atoms with van der Waals surface area (Å²) >= 11 is 5.84. The van der Waals surface area contributed by atoms with Gasteiger partial charge in [0.1, 0.15) is 5.52 Å². The third-order valence-electron chi connectivity index (χ3n) is 4.05. The van der Waals surface area contributed by atoms with Gasteiger partial charge in [-0.3, -0.25) is 14.8 Å². The molecule has 1 fully saturated rings. The molecule has 0 aliphatic carbocycles. The molecule has 0 radical (unpaired) electrons. The van der Waals surface area contributed by atoms with E-state index in [0.29, 0.717) is 22.9 Å². The first-order chi connectivity index (χ1) is 10.3. The van der Waals surface area contributed by atoms with E-state index in [2.05, 4.69) is 9.97 Å². The number of carbonyl (C=O) groups excluding carboxylic acids is 1. The van der Waals surface area contributed by atoms with Crippen LogP contribution in [0.1, 0.15) is 29.6 Å². The molecule has 1 atom stereocenters. The zero-order valence-corrected chi connectivity index (χ0v) is 12.6. The van der Waals surface area contributed by atoms with Crippen molar-refractivity contribution in [2.45, 2.75) is 19.3 Å². The number of carbonyl (C=O) groups is 1. The zero-order chi connectivity index (χ0) is 14.7. The Kier molecular flexibility index (Phi) is 4.34. The van der Waals surface area contributed by atoms with E-state index in [9.17, 15) is 4.79 Å². The van der Waals surface area contributed by atoms with E-state index >= 15 is 0 Å². The molecular weight excluding hydrogens is 286 g/mol. The maximum atomic E-state index is 12.8. The third kappa shape index (κ3) is 3.00. The monoisotopic (exact) mass is 303 g/mol. The second-order valence-electron chi connectivity index (χ2n) is 5.47. The highest BCUT2D eigenvalue weighted by Crippen LogP contribution is 2.23. The summed E-state index contributed by atoms with van der Waals surface area (Å²) < 4.78 is 0. The minimum Gasteiger partial charge on any atom is -0.338 e. The number of alkyl halides is 1. The van der Waals surface area contributed by atoms with E-state index in [-0.39, 0.29) is 5.91 Å². The average Bonchev–Trinajstić information content (AvgIpc) is 2.54. The average molecular weight is 304 g/mol. The van der Waals surface area contributed by atoms with Crippen molar-refractivity contribution in [1.29, 1.82) is 0 Å². The minimum atomic E-state index is 0.0559. The molecule has 21 heavy (non-hydrogen) atoms. The lowest BCUT2D eigenvalue weighted by atomic mass is 9.95. The van der Waals surface area contributed by atoms with Gasteiger partial charge in [0.2, 0.25) is 0 Å². The number of piperidine rings is 1. The summed E-state index contributed by atoms with van der Waals surface area (Å²) in [6, 6.07) is 5.58. The topological polar surface area (TPSA) is 46.1 Å². The number of aromatic nitrogens is 2. The Balaban J connectivity index is 1.86. The summed E-state index contributed by atoms with van der Waals surface area (Å²) in [4.78, 5) is 23.3. The van der Waals surface area contributed by atoms with Crippen LogP contribution in [0, 0.1) is 5.92 Å². The number of likely N-dealkylation sites (tertiary alicyclic amines) is 1. The normalized spacial score (nSPS) is 18.9. The van der Waals surface area contributed by atoms with Crippen LogP contribution in [0.4, 0.5) is 0 Å². The Morgan fingerprint density at radius 1 is 1.33 bits per heavy atom. The minimum absolute atomic E-state index is 0.0559. The van der Waals surface area contributed by atoms with Crippen molar-refractivity contribution in [3.8, 4) is 0 Å². The van der Waals surface area contributed by atoms with Gasteiger partial charge in [0.25, 0.3) is 5.91 Å². The quantitative estimate of drug-likeness (QED) is 0.819. The molecule has 2 aromatic rings. The molecule has 0 bridgehead atoms. The molecule has 1 aliphatic heterocycles. The van der Waals surface area contributed by atoms with Crippen LogP contribution in [0.3, 0.4) is 0 Å². The van der Waals surface area contributed by atoms with Gasteiger partial charge in [-0.15, -0.1) is 11.6 Å². The fourth-order valence-electron chi connectivity index (χ4n) is 2.98. The lowest BCUT2D eigenvalue weighted by Crippen LogP contribution is -2.40. The first-order valence-electron chi connectivity index (χ1n) is 7.34. The summed E-state index contributed by atoms with van der Waals surface area (Å²) in [5.74, 6) is 1.23. The maximum absolute atomic E-state index is 12.8. The van der Waals surface area contributed by atoms with Crippen LogP contribution >= 0.6 is 11.6 Å². The number of para-hydroxylation sites is 1. The van der Waals surface area contributed by atoms with Crippen molar-refractivity contribution in [3.05, 3.63) is 36.2 Å². The molecule has 1 aliphatic rings. The van der Waals surface area contributed by atoms with Gasteiger partial charge in [0, 0.05) is 31.4 Å². The Hall–Kier alpha value is -1.68. The van der Waals surface area contributed by atoms with Crippen LogP contribution in [0.15, 0.2) is 30.6 Å². The predicted octanol–water partition coefficient (Wildman–Crippen LogP) is 3.11. The number of halogens is 1. The van der Waals surface area contributed by atoms with Crippen molar-refractivity contribution in [2.24, 2.45) is 5.92 Å². The van der Waals surface area contributed by atoms with Crippen LogP contribution in [-0.2, 0) is 0 Å². The van der Waals surface area contributed by atoms with Crippen LogP contribution in [0.2, 0.25) is 0 Å². The van der Waals surface area contributed by atoms with Gasteiger partial charge in [-0.1, -0.05) is 6.07 Å². The molecule has 2 heterocycles. The number of benzene rings is 1. The highest BCUT2D eigenvalue weighted by atomic mass is 35.5. The Morgan fingerprint density at radius 2 is 2.19 bits per heavy atom. The van der Waals surface area contributed by atoms with Gasteiger partial charge >= 0.3 is 0 Å². The van der Waals surface area contributed by atoms with Crippen LogP contribution in [0.25, 0.3) is 11.0 Å². The van der Waals surface area contributed by atoms with Crippen molar-refractivity contribution in [1.82, 2.24) is 14.9 Å². The SMILES string of the molecule is O=C(c1cccc2nccnc12)N1CCCC(CCCl)C1. The van der Waals surface area contributed by atoms with Crippen LogP contribution < -0.4 is 0 Å². The third-order valence-corrected chi connectivity index (χ3v) is 4.27. The van der Waals surface area contributed by atoms with Gasteiger partial charge in [0.15, 0.2) is 0 Å². The van der Waals surface area contributed by atoms with Gasteiger partial charge in [-0.25, -0.2) is 0 Å². The highest BCUT2D eigenvalue weighted by molar-refractivity contribution is 6.17. The lowest BCUT2D eigenvalue weighted by molar-refractivity contribution is 0.0673. The van der Waals surface area contributed by atoms with Gasteiger partial charge in [-0.2, -0.15) is 0 Å². The fraction of sp³-hybridized carbons (Fsp3) is 0.438. The molecule has 4 nitrogen and oxygen atoms in total. The number of hydrogen-bond donors (Lipinski definition) is 0. The van der Waals surface area contributed by atoms with E-state index in [4.69, 9.17) is 11.6 Å². The molecule has 0 N–H and O–H groups in total. The van der Waals surface area contributed by atoms with Crippen molar-refractivity contribution >= 4 is 28.5 Å². The molecule has 1 saturated heterocycles. The molecule has 110 valence electrons. The van der Waals surface area contributed by atoms with Crippen LogP contribution in [-0.4, -0.2) is 39.7 Å². The van der Waals surface area contributed by atoms with E-state index in [1.807, 2.05) is 23.1 Å². The van der Waals surface area contributed by atoms with E-state index in [0.717, 1.165) is 37.9 Å². The first-order valence-corrected chi connectivity index (χ1v) is 7.88. The Morgan fingerprint density at radius 3 is 3.05 bits per heavy atom. The zero-order valence-electron chi connectivity index (χ0n) is 11.8. The molecule has 0 spiro atoms. The van der Waals surface area contributed by atoms with Crippen molar-refractivity contribution in [2.75, 3.05) is 19.0 Å². The standard InChI is InChI=1S/C16H18ClN3O/c17-7-6-12-3-2-10-20(11-12)16(21)13-4-1-5-14-15(13)19-9-8-18-14/h1,4-5,8-9,12H,2-3,6-7,10-11H2. The Labute approximate surface area is 129 Å². The summed E-state index contributed by atoms with van der Waals surface area (Å²) in [7, 11) is 0. The number of fused-ring (bicyclic) bond motifs is 1. The number of rotatable bonds is 3. The van der Waals surface area contributed by atoms with E-state index in [1.54, 1.807) is 12.4 Å². The molecule has 0 saturated carbocycles. The summed E-state index contributed by atoms with van der Waals surface area (Å²) in [6.07, 6.45) is 6.45. The highest BCUT2D eigenvalue weighted by Gasteiger charge is 2.25. The molecule has 1 aromatic carbocycles. The number of nitrogens with zero attached hydrogens (tertiary/aromatic N) is 3. The van der Waals surface area contributed by atoms with Gasteiger partial charge in [-0.05, 0) is 37.3 Å². The molecule has 1 unspecified atom stereocenters. The summed E-state index contributed by atoms with van der Waals surface area (Å²) in [6.45, 7) is 1.61. The van der Waals surface area contributed by atoms with Gasteiger partial charge in [0.05, 0.1) is 11.1 Å². The molecule has 5 heteroatoms. The molecule has 1 amide bonds.